The molecule has 0 radical (unpaired) electrons. The molecule has 0 aromatic carbocycles. The average molecular weight is 285 g/mol. The van der Waals surface area contributed by atoms with E-state index in [0.29, 0.717) is 0 Å². The second-order valence-electron chi connectivity index (χ2n) is 2.90. The van der Waals surface area contributed by atoms with Gasteiger partial charge < -0.3 is 0 Å². The molecule has 0 bridgehead atoms. The van der Waals surface area contributed by atoms with E-state index in [4.69, 9.17) is 0 Å². The number of rotatable bonds is 1. The molecule has 0 N–H and O–H groups in total. The van der Waals surface area contributed by atoms with Gasteiger partial charge in [-0.15, -0.1) is 5.10 Å². The van der Waals surface area contributed by atoms with Gasteiger partial charge in [-0.1, -0.05) is 5.10 Å². The highest BCUT2D eigenvalue weighted by Crippen LogP contribution is 2.52. The van der Waals surface area contributed by atoms with Crippen LogP contribution in [0.4, 0.5) is 39.5 Å². The highest BCUT2D eigenvalue weighted by atomic mass is 19.4. The van der Waals surface area contributed by atoms with Crippen LogP contribution in [0.15, 0.2) is 0 Å². The molecular weight excluding hydrogens is 285 g/mol. The third-order valence-corrected chi connectivity index (χ3v) is 1.77. The molecule has 0 atom stereocenters. The fourth-order valence-electron chi connectivity index (χ4n) is 0.941. The van der Waals surface area contributed by atoms with E-state index in [9.17, 15) is 39.5 Å². The Hall–Kier alpha value is -1.62. The smallest absolute Gasteiger partial charge is 0.216 e. The number of hydrogen-bond acceptors (Lipinski definition) is 3. The Kier molecular flexibility index (Phi) is 3.17. The highest BCUT2D eigenvalue weighted by molar-refractivity contribution is 5.18. The quantitative estimate of drug-likeness (QED) is 0.744. The summed E-state index contributed by atoms with van der Waals surface area (Å²) in [4.78, 5) is 0. The van der Waals surface area contributed by atoms with E-state index in [0.717, 1.165) is 0 Å². The normalized spacial score (nSPS) is 13.8. The van der Waals surface area contributed by atoms with Crippen LogP contribution in [0.5, 0.6) is 0 Å². The molecule has 0 aliphatic rings. The fourth-order valence-corrected chi connectivity index (χ4v) is 0.941. The molecule has 0 aliphatic heterocycles. The molecule has 1 aromatic rings. The molecule has 1 aromatic heterocycles. The first-order valence-electron chi connectivity index (χ1n) is 3.80. The van der Waals surface area contributed by atoms with E-state index < -0.39 is 35.5 Å². The van der Waals surface area contributed by atoms with Crippen LogP contribution < -0.4 is 0 Å². The fraction of sp³-hybridized carbons (Fsp3) is 0.500. The van der Waals surface area contributed by atoms with Gasteiger partial charge in [0.25, 0.3) is 5.95 Å². The highest BCUT2D eigenvalue weighted by Gasteiger charge is 2.76. The number of aromatic nitrogens is 3. The van der Waals surface area contributed by atoms with E-state index in [1.807, 2.05) is 5.10 Å². The molecule has 0 unspecified atom stereocenters. The standard InChI is InChI=1S/C6F9N3/c7-1-2(16-18-17-3(1)8)4(9,5(10,11)12)6(13,14)15. The molecule has 0 saturated heterocycles. The van der Waals surface area contributed by atoms with E-state index >= 15 is 0 Å². The summed E-state index contributed by atoms with van der Waals surface area (Å²) >= 11 is 0. The van der Waals surface area contributed by atoms with Crippen molar-refractivity contribution in [2.45, 2.75) is 18.0 Å². The molecule has 18 heavy (non-hydrogen) atoms. The second kappa shape index (κ2) is 3.95. The summed E-state index contributed by atoms with van der Waals surface area (Å²) < 4.78 is 111. The molecule has 0 saturated carbocycles. The molecule has 1 rings (SSSR count). The minimum absolute atomic E-state index is 1.95. The molecule has 0 fully saturated rings. The lowest BCUT2D eigenvalue weighted by Crippen LogP contribution is -2.51. The predicted molar refractivity (Wildman–Crippen MR) is 34.6 cm³/mol. The maximum atomic E-state index is 13.2. The van der Waals surface area contributed by atoms with Crippen molar-refractivity contribution in [2.75, 3.05) is 0 Å². The van der Waals surface area contributed by atoms with Crippen molar-refractivity contribution in [1.29, 1.82) is 0 Å². The van der Waals surface area contributed by atoms with Gasteiger partial charge in [0.2, 0.25) is 5.82 Å². The zero-order valence-electron chi connectivity index (χ0n) is 7.74. The van der Waals surface area contributed by atoms with Crippen LogP contribution in [0.2, 0.25) is 0 Å². The predicted octanol–water partition coefficient (Wildman–Crippen LogP) is 2.44. The van der Waals surface area contributed by atoms with Gasteiger partial charge >= 0.3 is 18.0 Å². The molecule has 0 aliphatic carbocycles. The molecule has 1 heterocycles. The molecule has 102 valence electrons. The Balaban J connectivity index is 3.61. The van der Waals surface area contributed by atoms with Gasteiger partial charge in [-0.2, -0.15) is 35.1 Å². The molecule has 0 spiro atoms. The maximum Gasteiger partial charge on any atom is 0.437 e. The largest absolute Gasteiger partial charge is 0.437 e. The number of hydrogen-bond donors (Lipinski definition) is 0. The topological polar surface area (TPSA) is 38.7 Å². The van der Waals surface area contributed by atoms with Gasteiger partial charge in [0.1, 0.15) is 0 Å². The van der Waals surface area contributed by atoms with Crippen molar-refractivity contribution < 1.29 is 39.5 Å². The third kappa shape index (κ3) is 1.95. The molecule has 3 nitrogen and oxygen atoms in total. The summed E-state index contributed by atoms with van der Waals surface area (Å²) in [6, 6.07) is 0. The Morgan fingerprint density at radius 2 is 1.17 bits per heavy atom. The van der Waals surface area contributed by atoms with Crippen LogP contribution >= 0.6 is 0 Å². The summed E-state index contributed by atoms with van der Waals surface area (Å²) in [5.74, 6) is -5.25. The molecular formula is C6F9N3. The van der Waals surface area contributed by atoms with Crippen molar-refractivity contribution in [3.8, 4) is 0 Å². The van der Waals surface area contributed by atoms with E-state index in [1.54, 1.807) is 0 Å². The summed E-state index contributed by atoms with van der Waals surface area (Å²) in [5.41, 5.74) is -9.06. The van der Waals surface area contributed by atoms with Crippen LogP contribution in [-0.4, -0.2) is 27.8 Å². The van der Waals surface area contributed by atoms with Gasteiger partial charge in [-0.3, -0.25) is 0 Å². The first-order valence-corrected chi connectivity index (χ1v) is 3.80. The van der Waals surface area contributed by atoms with Crippen molar-refractivity contribution in [3.05, 3.63) is 17.5 Å². The SMILES string of the molecule is Fc1nnnc(C(F)(C(F)(F)F)C(F)(F)F)c1F. The number of halogens is 9. The van der Waals surface area contributed by atoms with E-state index in [-0.39, 0.29) is 0 Å². The number of nitrogens with zero attached hydrogens (tertiary/aromatic N) is 3. The Labute approximate surface area is 91.6 Å². The average Bonchev–Trinajstić information content (AvgIpc) is 2.17. The Morgan fingerprint density at radius 3 is 1.56 bits per heavy atom. The summed E-state index contributed by atoms with van der Waals surface area (Å²) in [5, 5.41) is 6.15. The van der Waals surface area contributed by atoms with Crippen LogP contribution in [0.3, 0.4) is 0 Å². The Morgan fingerprint density at radius 1 is 0.722 bits per heavy atom. The minimum atomic E-state index is -6.60. The van der Waals surface area contributed by atoms with Gasteiger partial charge in [0, 0.05) is 0 Å². The second-order valence-corrected chi connectivity index (χ2v) is 2.90. The number of alkyl halides is 7. The van der Waals surface area contributed by atoms with E-state index in [2.05, 4.69) is 10.3 Å². The van der Waals surface area contributed by atoms with Crippen LogP contribution in [-0.2, 0) is 5.67 Å². The first kappa shape index (κ1) is 14.4. The maximum absolute atomic E-state index is 13.2. The third-order valence-electron chi connectivity index (χ3n) is 1.77. The summed E-state index contributed by atoms with van der Waals surface area (Å²) in [6.07, 6.45) is -13.2. The first-order chi connectivity index (χ1) is 7.93. The molecule has 0 amide bonds. The zero-order chi connectivity index (χ0) is 14.4. The van der Waals surface area contributed by atoms with Crippen LogP contribution in [0, 0.1) is 11.8 Å². The lowest BCUT2D eigenvalue weighted by molar-refractivity contribution is -0.351. The summed E-state index contributed by atoms with van der Waals surface area (Å²) in [7, 11) is 0. The summed E-state index contributed by atoms with van der Waals surface area (Å²) in [6.45, 7) is 0. The lowest BCUT2D eigenvalue weighted by Gasteiger charge is -2.28. The lowest BCUT2D eigenvalue weighted by atomic mass is 10.00. The van der Waals surface area contributed by atoms with Crippen LogP contribution in [0.25, 0.3) is 0 Å². The Bertz CT molecular complexity index is 437. The van der Waals surface area contributed by atoms with Gasteiger partial charge in [-0.05, 0) is 5.21 Å². The van der Waals surface area contributed by atoms with Crippen molar-refractivity contribution >= 4 is 0 Å². The van der Waals surface area contributed by atoms with Crippen LogP contribution in [0.1, 0.15) is 5.69 Å². The van der Waals surface area contributed by atoms with E-state index in [1.165, 1.54) is 0 Å². The van der Waals surface area contributed by atoms with Crippen molar-refractivity contribution in [3.63, 3.8) is 0 Å². The van der Waals surface area contributed by atoms with Crippen molar-refractivity contribution in [1.82, 2.24) is 15.4 Å². The van der Waals surface area contributed by atoms with Crippen molar-refractivity contribution in [2.24, 2.45) is 0 Å². The molecule has 12 heteroatoms. The minimum Gasteiger partial charge on any atom is -0.216 e. The van der Waals surface area contributed by atoms with Gasteiger partial charge in [0.05, 0.1) is 0 Å². The van der Waals surface area contributed by atoms with Gasteiger partial charge in [0.15, 0.2) is 5.69 Å². The zero-order valence-corrected chi connectivity index (χ0v) is 7.74. The monoisotopic (exact) mass is 285 g/mol. The van der Waals surface area contributed by atoms with Gasteiger partial charge in [-0.25, -0.2) is 4.39 Å².